The first kappa shape index (κ1) is 11.3. The Kier molecular flexibility index (Phi) is 3.18. The molecule has 2 aromatic heterocycles. The molecule has 0 saturated carbocycles. The average Bonchev–Trinajstić information content (AvgIpc) is 2.33. The van der Waals surface area contributed by atoms with Crippen LogP contribution in [0.5, 0.6) is 0 Å². The van der Waals surface area contributed by atoms with E-state index >= 15 is 0 Å². The Hall–Kier alpha value is -2.17. The van der Waals surface area contributed by atoms with Crippen molar-refractivity contribution in [2.24, 2.45) is 7.05 Å². The third-order valence-corrected chi connectivity index (χ3v) is 2.45. The summed E-state index contributed by atoms with van der Waals surface area (Å²) in [6, 6.07) is 3.91. The predicted molar refractivity (Wildman–Crippen MR) is 65.8 cm³/mol. The van der Waals surface area contributed by atoms with Crippen LogP contribution in [0.2, 0.25) is 0 Å². The SMILES string of the molecule is Cc1ccc(CNc2nccn(C)c2=O)cn1. The van der Waals surface area contributed by atoms with Crippen molar-refractivity contribution >= 4 is 5.82 Å². The molecule has 2 rings (SSSR count). The van der Waals surface area contributed by atoms with Crippen LogP contribution in [-0.4, -0.2) is 14.5 Å². The molecule has 0 aromatic carbocycles. The van der Waals surface area contributed by atoms with Crippen LogP contribution in [0.25, 0.3) is 0 Å². The van der Waals surface area contributed by atoms with Gasteiger partial charge in [-0.25, -0.2) is 4.98 Å². The van der Waals surface area contributed by atoms with Crippen LogP contribution in [0.1, 0.15) is 11.3 Å². The molecule has 0 aliphatic carbocycles. The van der Waals surface area contributed by atoms with Gasteiger partial charge in [-0.1, -0.05) is 6.07 Å². The molecule has 0 saturated heterocycles. The van der Waals surface area contributed by atoms with E-state index in [0.717, 1.165) is 11.3 Å². The minimum absolute atomic E-state index is 0.132. The summed E-state index contributed by atoms with van der Waals surface area (Å²) in [7, 11) is 1.70. The van der Waals surface area contributed by atoms with Gasteiger partial charge in [-0.3, -0.25) is 9.78 Å². The van der Waals surface area contributed by atoms with Gasteiger partial charge in [-0.15, -0.1) is 0 Å². The first-order valence-corrected chi connectivity index (χ1v) is 5.34. The topological polar surface area (TPSA) is 59.8 Å². The van der Waals surface area contributed by atoms with Crippen molar-refractivity contribution in [3.63, 3.8) is 0 Å². The zero-order valence-electron chi connectivity index (χ0n) is 9.84. The fraction of sp³-hybridized carbons (Fsp3) is 0.250. The third-order valence-electron chi connectivity index (χ3n) is 2.45. The number of anilines is 1. The van der Waals surface area contributed by atoms with Crippen LogP contribution in [0.3, 0.4) is 0 Å². The lowest BCUT2D eigenvalue weighted by Crippen LogP contribution is -2.21. The summed E-state index contributed by atoms with van der Waals surface area (Å²) >= 11 is 0. The maximum atomic E-state index is 11.7. The largest absolute Gasteiger partial charge is 0.361 e. The number of nitrogens with one attached hydrogen (secondary N) is 1. The summed E-state index contributed by atoms with van der Waals surface area (Å²) in [5.74, 6) is 0.357. The summed E-state index contributed by atoms with van der Waals surface area (Å²) in [6.45, 7) is 2.48. The molecule has 2 aromatic rings. The van der Waals surface area contributed by atoms with Gasteiger partial charge in [0.05, 0.1) is 0 Å². The van der Waals surface area contributed by atoms with Gasteiger partial charge in [0.25, 0.3) is 5.56 Å². The van der Waals surface area contributed by atoms with E-state index < -0.39 is 0 Å². The Morgan fingerprint density at radius 3 is 2.88 bits per heavy atom. The molecule has 0 bridgehead atoms. The summed E-state index contributed by atoms with van der Waals surface area (Å²) in [5.41, 5.74) is 1.86. The van der Waals surface area contributed by atoms with E-state index in [4.69, 9.17) is 0 Å². The predicted octanol–water partition coefficient (Wildman–Crippen LogP) is 1.10. The third kappa shape index (κ3) is 2.69. The van der Waals surface area contributed by atoms with Gasteiger partial charge in [-0.2, -0.15) is 0 Å². The number of hydrogen-bond acceptors (Lipinski definition) is 4. The van der Waals surface area contributed by atoms with E-state index in [9.17, 15) is 4.79 Å². The Bertz CT molecular complexity index is 559. The van der Waals surface area contributed by atoms with Crippen molar-refractivity contribution in [1.29, 1.82) is 0 Å². The number of pyridine rings is 1. The molecule has 88 valence electrons. The van der Waals surface area contributed by atoms with Crippen molar-refractivity contribution in [1.82, 2.24) is 14.5 Å². The molecule has 2 heterocycles. The van der Waals surface area contributed by atoms with Gasteiger partial charge in [0.2, 0.25) is 0 Å². The highest BCUT2D eigenvalue weighted by Gasteiger charge is 2.01. The maximum Gasteiger partial charge on any atom is 0.293 e. The molecule has 0 amide bonds. The second-order valence-corrected chi connectivity index (χ2v) is 3.85. The molecule has 0 spiro atoms. The van der Waals surface area contributed by atoms with Crippen LogP contribution >= 0.6 is 0 Å². The van der Waals surface area contributed by atoms with Crippen LogP contribution in [0.15, 0.2) is 35.5 Å². The molecule has 0 atom stereocenters. The van der Waals surface area contributed by atoms with Crippen LogP contribution in [0, 0.1) is 6.92 Å². The second-order valence-electron chi connectivity index (χ2n) is 3.85. The van der Waals surface area contributed by atoms with Crippen molar-refractivity contribution in [2.45, 2.75) is 13.5 Å². The molecule has 0 unspecified atom stereocenters. The average molecular weight is 230 g/mol. The Labute approximate surface area is 99.2 Å². The van der Waals surface area contributed by atoms with Gasteiger partial charge < -0.3 is 9.88 Å². The minimum Gasteiger partial charge on any atom is -0.361 e. The fourth-order valence-electron chi connectivity index (χ4n) is 1.41. The van der Waals surface area contributed by atoms with E-state index in [1.807, 2.05) is 19.1 Å². The van der Waals surface area contributed by atoms with E-state index in [1.54, 1.807) is 25.6 Å². The lowest BCUT2D eigenvalue weighted by atomic mass is 10.2. The highest BCUT2D eigenvalue weighted by molar-refractivity contribution is 5.32. The van der Waals surface area contributed by atoms with E-state index in [0.29, 0.717) is 12.4 Å². The molecule has 1 N–H and O–H groups in total. The van der Waals surface area contributed by atoms with Crippen LogP contribution < -0.4 is 10.9 Å². The molecule has 17 heavy (non-hydrogen) atoms. The monoisotopic (exact) mass is 230 g/mol. The molecular formula is C12H14N4O. The van der Waals surface area contributed by atoms with Crippen molar-refractivity contribution in [3.05, 3.63) is 52.3 Å². The molecule has 0 aliphatic rings. The maximum absolute atomic E-state index is 11.7. The number of hydrogen-bond donors (Lipinski definition) is 1. The standard InChI is InChI=1S/C12H14N4O/c1-9-3-4-10(7-14-9)8-15-11-12(17)16(2)6-5-13-11/h3-7H,8H2,1-2H3,(H,13,15). The van der Waals surface area contributed by atoms with Crippen molar-refractivity contribution < 1.29 is 0 Å². The number of rotatable bonds is 3. The first-order valence-electron chi connectivity index (χ1n) is 5.34. The molecule has 5 nitrogen and oxygen atoms in total. The lowest BCUT2D eigenvalue weighted by Gasteiger charge is -2.05. The van der Waals surface area contributed by atoms with E-state index in [-0.39, 0.29) is 5.56 Å². The molecular weight excluding hydrogens is 216 g/mol. The van der Waals surface area contributed by atoms with E-state index in [1.165, 1.54) is 4.57 Å². The highest BCUT2D eigenvalue weighted by Crippen LogP contribution is 2.01. The minimum atomic E-state index is -0.132. The fourth-order valence-corrected chi connectivity index (χ4v) is 1.41. The summed E-state index contributed by atoms with van der Waals surface area (Å²) in [5, 5.41) is 3.01. The molecule has 5 heteroatoms. The van der Waals surface area contributed by atoms with Gasteiger partial charge in [0.1, 0.15) is 0 Å². The molecule has 0 fully saturated rings. The van der Waals surface area contributed by atoms with Gasteiger partial charge in [0.15, 0.2) is 5.82 Å². The number of nitrogens with zero attached hydrogens (tertiary/aromatic N) is 3. The Morgan fingerprint density at radius 2 is 2.18 bits per heavy atom. The quantitative estimate of drug-likeness (QED) is 0.857. The molecule has 0 radical (unpaired) electrons. The van der Waals surface area contributed by atoms with Gasteiger partial charge in [0, 0.05) is 37.9 Å². The first-order chi connectivity index (χ1) is 8.16. The zero-order chi connectivity index (χ0) is 12.3. The Balaban J connectivity index is 2.10. The van der Waals surface area contributed by atoms with Gasteiger partial charge in [-0.05, 0) is 18.6 Å². The van der Waals surface area contributed by atoms with Crippen molar-refractivity contribution in [2.75, 3.05) is 5.32 Å². The van der Waals surface area contributed by atoms with Crippen LogP contribution in [0.4, 0.5) is 5.82 Å². The second kappa shape index (κ2) is 4.78. The normalized spacial score (nSPS) is 10.2. The Morgan fingerprint density at radius 1 is 1.35 bits per heavy atom. The van der Waals surface area contributed by atoms with Crippen LogP contribution in [-0.2, 0) is 13.6 Å². The summed E-state index contributed by atoms with van der Waals surface area (Å²) in [6.07, 6.45) is 5.01. The smallest absolute Gasteiger partial charge is 0.293 e. The highest BCUT2D eigenvalue weighted by atomic mass is 16.1. The summed E-state index contributed by atoms with van der Waals surface area (Å²) < 4.78 is 1.49. The summed E-state index contributed by atoms with van der Waals surface area (Å²) in [4.78, 5) is 19.9. The molecule has 0 aliphatic heterocycles. The lowest BCUT2D eigenvalue weighted by molar-refractivity contribution is 0.839. The number of aromatic nitrogens is 3. The van der Waals surface area contributed by atoms with Crippen molar-refractivity contribution in [3.8, 4) is 0 Å². The number of aryl methyl sites for hydroxylation is 2. The zero-order valence-corrected chi connectivity index (χ0v) is 9.84. The van der Waals surface area contributed by atoms with E-state index in [2.05, 4.69) is 15.3 Å². The van der Waals surface area contributed by atoms with Gasteiger partial charge >= 0.3 is 0 Å².